The number of aryl methyl sites for hydroxylation is 2. The molecule has 0 N–H and O–H groups in total. The number of nitrogens with zero attached hydrogens (tertiary/aromatic N) is 2. The van der Waals surface area contributed by atoms with Crippen molar-refractivity contribution in [3.8, 4) is 0 Å². The molecule has 0 amide bonds. The molecule has 6 heteroatoms. The van der Waals surface area contributed by atoms with Gasteiger partial charge in [0.1, 0.15) is 13.1 Å². The quantitative estimate of drug-likeness (QED) is 0.239. The third-order valence-electron chi connectivity index (χ3n) is 3.29. The normalized spacial score (nSPS) is 9.73. The predicted molar refractivity (Wildman–Crippen MR) is 87.9 cm³/mol. The number of aromatic nitrogens is 2. The van der Waals surface area contributed by atoms with Crippen molar-refractivity contribution >= 4 is 25.3 Å². The third kappa shape index (κ3) is 7.49. The number of hydrogen-bond acceptors (Lipinski definition) is 2. The Bertz CT molecular complexity index is 504. The Hall–Kier alpha value is -0.0400. The van der Waals surface area contributed by atoms with E-state index in [1.54, 1.807) is 0 Å². The Morgan fingerprint density at radius 1 is 0.727 bits per heavy atom. The van der Waals surface area contributed by atoms with E-state index < -0.39 is 0 Å². The first-order chi connectivity index (χ1) is 9.81. The number of hydrogen-bond donors (Lipinski definition) is 2. The second-order valence-corrected chi connectivity index (χ2v) is 5.56. The van der Waals surface area contributed by atoms with E-state index >= 15 is 0 Å². The Labute approximate surface area is 165 Å². The molecular weight excluding hydrogens is 444 g/mol. The number of pyridine rings is 2. The lowest BCUT2D eigenvalue weighted by Crippen LogP contribution is -3.00. The van der Waals surface area contributed by atoms with Crippen LogP contribution in [0.25, 0.3) is 0 Å². The van der Waals surface area contributed by atoms with E-state index in [1.807, 2.05) is 0 Å². The highest BCUT2D eigenvalue weighted by molar-refractivity contribution is 7.79. The highest BCUT2D eigenvalue weighted by atomic mass is 79.9. The van der Waals surface area contributed by atoms with Crippen LogP contribution in [0.2, 0.25) is 0 Å². The molecule has 0 fully saturated rings. The van der Waals surface area contributed by atoms with Crippen molar-refractivity contribution < 1.29 is 43.1 Å². The highest BCUT2D eigenvalue weighted by Crippen LogP contribution is 2.00. The second kappa shape index (κ2) is 12.4. The number of halogens is 2. The maximum atomic E-state index is 4.31. The molecule has 0 bridgehead atoms. The van der Waals surface area contributed by atoms with E-state index in [9.17, 15) is 0 Å². The van der Waals surface area contributed by atoms with Gasteiger partial charge in [0.2, 0.25) is 0 Å². The van der Waals surface area contributed by atoms with Gasteiger partial charge in [0.05, 0.1) is 0 Å². The molecule has 122 valence electrons. The van der Waals surface area contributed by atoms with Crippen molar-refractivity contribution in [1.29, 1.82) is 0 Å². The fourth-order valence-electron chi connectivity index (χ4n) is 2.21. The van der Waals surface area contributed by atoms with Crippen molar-refractivity contribution in [3.05, 3.63) is 60.2 Å². The molecule has 2 heterocycles. The first kappa shape index (κ1) is 22.0. The van der Waals surface area contributed by atoms with Crippen LogP contribution in [0.3, 0.4) is 0 Å². The van der Waals surface area contributed by atoms with E-state index in [0.29, 0.717) is 0 Å². The third-order valence-corrected chi connectivity index (χ3v) is 4.02. The van der Waals surface area contributed by atoms with Crippen LogP contribution in [-0.4, -0.2) is 0 Å². The highest BCUT2D eigenvalue weighted by Gasteiger charge is 2.05. The zero-order chi connectivity index (χ0) is 14.2. The van der Waals surface area contributed by atoms with Crippen molar-refractivity contribution in [1.82, 2.24) is 0 Å². The molecule has 0 unspecified atom stereocenters. The van der Waals surface area contributed by atoms with Crippen LogP contribution in [0, 0.1) is 0 Å². The smallest absolute Gasteiger partial charge is 0.172 e. The second-order valence-electron chi connectivity index (χ2n) is 4.92. The Balaban J connectivity index is 0.00000220. The van der Waals surface area contributed by atoms with Crippen LogP contribution in [0.4, 0.5) is 0 Å². The van der Waals surface area contributed by atoms with Gasteiger partial charge in [-0.1, -0.05) is 0 Å². The van der Waals surface area contributed by atoms with Gasteiger partial charge >= 0.3 is 0 Å². The summed E-state index contributed by atoms with van der Waals surface area (Å²) in [6, 6.07) is 8.41. The van der Waals surface area contributed by atoms with Crippen molar-refractivity contribution in [2.75, 3.05) is 0 Å². The average molecular weight is 466 g/mol. The molecule has 0 spiro atoms. The summed E-state index contributed by atoms with van der Waals surface area (Å²) in [6.07, 6.45) is 11.0. The molecule has 0 aliphatic carbocycles. The first-order valence-corrected chi connectivity index (χ1v) is 8.26. The minimum atomic E-state index is 0. The molecule has 0 saturated carbocycles. The molecule has 2 rings (SSSR count). The summed E-state index contributed by atoms with van der Waals surface area (Å²) in [6.45, 7) is 2.13. The number of thiol groups is 2. The lowest BCUT2D eigenvalue weighted by atomic mass is 10.2. The molecule has 0 aliphatic heterocycles. The van der Waals surface area contributed by atoms with Gasteiger partial charge in [0.15, 0.2) is 24.8 Å². The maximum absolute atomic E-state index is 4.31. The first-order valence-electron chi connectivity index (χ1n) is 6.99. The SMILES string of the molecule is SCc1ccc[n+](CCCC[n+]2cccc(CS)c2)c1.[Br-].[Br-]. The van der Waals surface area contributed by atoms with E-state index in [-0.39, 0.29) is 34.0 Å². The van der Waals surface area contributed by atoms with Gasteiger partial charge in [0, 0.05) is 47.6 Å². The number of rotatable bonds is 7. The van der Waals surface area contributed by atoms with E-state index in [1.165, 1.54) is 24.0 Å². The Morgan fingerprint density at radius 2 is 1.14 bits per heavy atom. The summed E-state index contributed by atoms with van der Waals surface area (Å²) < 4.78 is 4.50. The minimum Gasteiger partial charge on any atom is -1.00 e. The van der Waals surface area contributed by atoms with Crippen molar-refractivity contribution in [3.63, 3.8) is 0 Å². The van der Waals surface area contributed by atoms with Gasteiger partial charge in [-0.3, -0.25) is 0 Å². The zero-order valence-electron chi connectivity index (χ0n) is 12.4. The summed E-state index contributed by atoms with van der Waals surface area (Å²) in [5.74, 6) is 1.60. The summed E-state index contributed by atoms with van der Waals surface area (Å²) in [7, 11) is 0. The van der Waals surface area contributed by atoms with E-state index in [4.69, 9.17) is 0 Å². The summed E-state index contributed by atoms with van der Waals surface area (Å²) >= 11 is 8.62. The van der Waals surface area contributed by atoms with Gasteiger partial charge in [-0.2, -0.15) is 25.3 Å². The van der Waals surface area contributed by atoms with Crippen molar-refractivity contribution in [2.45, 2.75) is 37.4 Å². The average Bonchev–Trinajstić information content (AvgIpc) is 2.52. The molecule has 0 aliphatic rings. The van der Waals surface area contributed by atoms with Gasteiger partial charge in [0.25, 0.3) is 0 Å². The lowest BCUT2D eigenvalue weighted by molar-refractivity contribution is -0.708. The molecule has 0 atom stereocenters. The fourth-order valence-corrected chi connectivity index (χ4v) is 2.58. The van der Waals surface area contributed by atoms with Crippen LogP contribution in [-0.2, 0) is 24.6 Å². The maximum Gasteiger partial charge on any atom is 0.172 e. The lowest BCUT2D eigenvalue weighted by Gasteiger charge is -2.00. The van der Waals surface area contributed by atoms with Gasteiger partial charge in [-0.25, -0.2) is 9.13 Å². The fraction of sp³-hybridized carbons (Fsp3) is 0.375. The van der Waals surface area contributed by atoms with Crippen molar-refractivity contribution in [2.24, 2.45) is 0 Å². The molecule has 2 aromatic heterocycles. The standard InChI is InChI=1S/C16H20N2S2.2BrH/c19-13-15-5-3-9-17(11-15)7-1-2-8-18-10-4-6-16(12-18)14-20;;/h3-6,9-12H,1-2,7-8,13-14H2;2*1H. The largest absolute Gasteiger partial charge is 1.00 e. The Morgan fingerprint density at radius 3 is 1.50 bits per heavy atom. The minimum absolute atomic E-state index is 0. The van der Waals surface area contributed by atoms with Crippen LogP contribution >= 0.6 is 25.3 Å². The van der Waals surface area contributed by atoms with Gasteiger partial charge in [-0.05, 0) is 12.1 Å². The molecule has 2 nitrogen and oxygen atoms in total. The molecule has 0 radical (unpaired) electrons. The number of unbranched alkanes of at least 4 members (excludes halogenated alkanes) is 1. The van der Waals surface area contributed by atoms with Crippen LogP contribution < -0.4 is 43.1 Å². The van der Waals surface area contributed by atoms with Gasteiger partial charge < -0.3 is 34.0 Å². The summed E-state index contributed by atoms with van der Waals surface area (Å²) in [4.78, 5) is 0. The monoisotopic (exact) mass is 464 g/mol. The Kier molecular flexibility index (Phi) is 12.4. The summed E-state index contributed by atoms with van der Waals surface area (Å²) in [5.41, 5.74) is 2.54. The summed E-state index contributed by atoms with van der Waals surface area (Å²) in [5, 5.41) is 0. The van der Waals surface area contributed by atoms with Crippen LogP contribution in [0.1, 0.15) is 24.0 Å². The van der Waals surface area contributed by atoms with Gasteiger partial charge in [-0.15, -0.1) is 0 Å². The molecule has 0 saturated heterocycles. The molecule has 2 aromatic rings. The zero-order valence-corrected chi connectivity index (χ0v) is 17.4. The topological polar surface area (TPSA) is 7.76 Å². The molecular formula is C16H22Br2N2S2. The van der Waals surface area contributed by atoms with Crippen LogP contribution in [0.5, 0.6) is 0 Å². The molecule has 22 heavy (non-hydrogen) atoms. The van der Waals surface area contributed by atoms with E-state index in [0.717, 1.165) is 24.6 Å². The van der Waals surface area contributed by atoms with E-state index in [2.05, 4.69) is 83.4 Å². The van der Waals surface area contributed by atoms with Crippen LogP contribution in [0.15, 0.2) is 49.1 Å². The molecule has 0 aromatic carbocycles. The predicted octanol–water partition coefficient (Wildman–Crippen LogP) is -3.39.